The second-order valence-electron chi connectivity index (χ2n) is 4.75. The molecule has 2 aromatic rings. The Morgan fingerprint density at radius 3 is 2.56 bits per heavy atom. The second kappa shape index (κ2) is 4.78. The number of aromatic nitrogens is 2. The zero-order chi connectivity index (χ0) is 13.5. The summed E-state index contributed by atoms with van der Waals surface area (Å²) in [7, 11) is 0. The molecule has 0 saturated heterocycles. The molecule has 0 aliphatic rings. The van der Waals surface area contributed by atoms with Gasteiger partial charge in [-0.25, -0.2) is 4.39 Å². The van der Waals surface area contributed by atoms with E-state index in [1.165, 1.54) is 6.07 Å². The van der Waals surface area contributed by atoms with Crippen LogP contribution in [0, 0.1) is 10.6 Å². The molecule has 0 unspecified atom stereocenters. The van der Waals surface area contributed by atoms with Crippen molar-refractivity contribution in [2.75, 3.05) is 0 Å². The summed E-state index contributed by atoms with van der Waals surface area (Å²) >= 11 is 8.59. The van der Waals surface area contributed by atoms with Gasteiger partial charge in [-0.15, -0.1) is 0 Å². The maximum absolute atomic E-state index is 13.7. The van der Waals surface area contributed by atoms with E-state index in [1.54, 1.807) is 6.07 Å². The minimum atomic E-state index is -0.264. The standard InChI is InChI=1S/C13H16BrFN2S/c1-4-13(3,5-2)17-11-7-9(15)8(14)6-10(11)16-12(17)18/h6-7H,4-5H2,1-3H3,(H,16,18). The Hall–Kier alpha value is -0.680. The van der Waals surface area contributed by atoms with Gasteiger partial charge in [0.1, 0.15) is 5.82 Å². The highest BCUT2D eigenvalue weighted by molar-refractivity contribution is 9.10. The van der Waals surface area contributed by atoms with Crippen molar-refractivity contribution in [2.24, 2.45) is 0 Å². The van der Waals surface area contributed by atoms with Crippen LogP contribution in [0.2, 0.25) is 0 Å². The summed E-state index contributed by atoms with van der Waals surface area (Å²) < 4.78 is 16.9. The van der Waals surface area contributed by atoms with Crippen LogP contribution in [0.5, 0.6) is 0 Å². The Kier molecular flexibility index (Phi) is 3.65. The summed E-state index contributed by atoms with van der Waals surface area (Å²) in [4.78, 5) is 3.15. The summed E-state index contributed by atoms with van der Waals surface area (Å²) in [5.74, 6) is -0.264. The van der Waals surface area contributed by atoms with E-state index in [0.717, 1.165) is 23.9 Å². The Balaban J connectivity index is 2.83. The van der Waals surface area contributed by atoms with Gasteiger partial charge in [-0.3, -0.25) is 0 Å². The zero-order valence-electron chi connectivity index (χ0n) is 10.7. The molecule has 0 fully saturated rings. The van der Waals surface area contributed by atoms with E-state index in [2.05, 4.69) is 41.7 Å². The fraction of sp³-hybridized carbons (Fsp3) is 0.462. The third-order valence-electron chi connectivity index (χ3n) is 3.79. The molecule has 1 N–H and O–H groups in total. The van der Waals surface area contributed by atoms with Gasteiger partial charge in [0.2, 0.25) is 0 Å². The minimum Gasteiger partial charge on any atom is -0.331 e. The van der Waals surface area contributed by atoms with Gasteiger partial charge in [0.25, 0.3) is 0 Å². The first-order valence-electron chi connectivity index (χ1n) is 6.03. The Morgan fingerprint density at radius 1 is 1.39 bits per heavy atom. The normalized spacial score (nSPS) is 12.3. The van der Waals surface area contributed by atoms with Crippen molar-refractivity contribution < 1.29 is 4.39 Å². The smallest absolute Gasteiger partial charge is 0.178 e. The number of halogens is 2. The van der Waals surface area contributed by atoms with E-state index in [0.29, 0.717) is 9.24 Å². The number of nitrogens with zero attached hydrogens (tertiary/aromatic N) is 1. The lowest BCUT2D eigenvalue weighted by Crippen LogP contribution is -2.28. The monoisotopic (exact) mass is 330 g/mol. The average molecular weight is 331 g/mol. The number of H-pyrrole nitrogens is 1. The minimum absolute atomic E-state index is 0.0877. The maximum atomic E-state index is 13.7. The van der Waals surface area contributed by atoms with Crippen LogP contribution in [-0.4, -0.2) is 9.55 Å². The zero-order valence-corrected chi connectivity index (χ0v) is 13.1. The number of hydrogen-bond acceptors (Lipinski definition) is 1. The third kappa shape index (κ3) is 2.03. The molecule has 98 valence electrons. The van der Waals surface area contributed by atoms with Crippen LogP contribution >= 0.6 is 28.1 Å². The largest absolute Gasteiger partial charge is 0.331 e. The lowest BCUT2D eigenvalue weighted by Gasteiger charge is -2.29. The molecule has 0 spiro atoms. The third-order valence-corrected chi connectivity index (χ3v) is 4.68. The summed E-state index contributed by atoms with van der Waals surface area (Å²) in [6, 6.07) is 3.28. The van der Waals surface area contributed by atoms with Gasteiger partial charge in [0.15, 0.2) is 4.77 Å². The number of nitrogens with one attached hydrogen (secondary N) is 1. The number of aromatic amines is 1. The van der Waals surface area contributed by atoms with Crippen LogP contribution in [0.3, 0.4) is 0 Å². The number of rotatable bonds is 3. The van der Waals surface area contributed by atoms with Crippen LogP contribution in [0.1, 0.15) is 33.6 Å². The lowest BCUT2D eigenvalue weighted by molar-refractivity contribution is 0.299. The Bertz CT molecular complexity index is 640. The molecule has 1 aromatic heterocycles. The molecular formula is C13H16BrFN2S. The van der Waals surface area contributed by atoms with Gasteiger partial charge in [0.05, 0.1) is 15.5 Å². The van der Waals surface area contributed by atoms with Gasteiger partial charge in [-0.2, -0.15) is 0 Å². The van der Waals surface area contributed by atoms with Crippen LogP contribution in [-0.2, 0) is 5.54 Å². The number of hydrogen-bond donors (Lipinski definition) is 1. The molecule has 18 heavy (non-hydrogen) atoms. The van der Waals surface area contributed by atoms with Crippen molar-refractivity contribution in [1.82, 2.24) is 9.55 Å². The van der Waals surface area contributed by atoms with Gasteiger partial charge < -0.3 is 9.55 Å². The van der Waals surface area contributed by atoms with Gasteiger partial charge in [0, 0.05) is 11.6 Å². The second-order valence-corrected chi connectivity index (χ2v) is 5.99. The maximum Gasteiger partial charge on any atom is 0.178 e. The first kappa shape index (κ1) is 13.7. The van der Waals surface area contributed by atoms with Gasteiger partial charge in [-0.1, -0.05) is 13.8 Å². The van der Waals surface area contributed by atoms with Crippen molar-refractivity contribution >= 4 is 39.2 Å². The highest BCUT2D eigenvalue weighted by Crippen LogP contribution is 2.31. The first-order chi connectivity index (χ1) is 8.42. The molecule has 1 heterocycles. The van der Waals surface area contributed by atoms with E-state index in [1.807, 2.05) is 4.57 Å². The Morgan fingerprint density at radius 2 is 2.00 bits per heavy atom. The average Bonchev–Trinajstić information content (AvgIpc) is 2.65. The lowest BCUT2D eigenvalue weighted by atomic mass is 9.95. The number of imidazole rings is 1. The fourth-order valence-corrected chi connectivity index (χ4v) is 2.98. The topological polar surface area (TPSA) is 20.7 Å². The van der Waals surface area contributed by atoms with E-state index in [-0.39, 0.29) is 11.4 Å². The van der Waals surface area contributed by atoms with Crippen molar-refractivity contribution in [2.45, 2.75) is 39.2 Å². The molecule has 0 aliphatic carbocycles. The number of benzene rings is 1. The van der Waals surface area contributed by atoms with Crippen LogP contribution in [0.15, 0.2) is 16.6 Å². The van der Waals surface area contributed by atoms with Crippen LogP contribution < -0.4 is 0 Å². The van der Waals surface area contributed by atoms with Crippen LogP contribution in [0.25, 0.3) is 11.0 Å². The molecule has 0 aliphatic heterocycles. The fourth-order valence-electron chi connectivity index (χ4n) is 2.20. The molecule has 0 radical (unpaired) electrons. The molecule has 0 amide bonds. The summed E-state index contributed by atoms with van der Waals surface area (Å²) in [6.45, 7) is 6.40. The highest BCUT2D eigenvalue weighted by atomic mass is 79.9. The van der Waals surface area contributed by atoms with Gasteiger partial charge in [-0.05, 0) is 54.0 Å². The molecule has 0 atom stereocenters. The molecular weight excluding hydrogens is 315 g/mol. The van der Waals surface area contributed by atoms with Crippen molar-refractivity contribution in [3.8, 4) is 0 Å². The van der Waals surface area contributed by atoms with Crippen molar-refractivity contribution in [3.05, 3.63) is 27.2 Å². The predicted octanol–water partition coefficient (Wildman–Crippen LogP) is 5.14. The van der Waals surface area contributed by atoms with E-state index < -0.39 is 0 Å². The van der Waals surface area contributed by atoms with E-state index in [9.17, 15) is 4.39 Å². The number of fused-ring (bicyclic) bond motifs is 1. The molecule has 5 heteroatoms. The van der Waals surface area contributed by atoms with E-state index in [4.69, 9.17) is 12.2 Å². The van der Waals surface area contributed by atoms with E-state index >= 15 is 0 Å². The quantitative estimate of drug-likeness (QED) is 0.773. The summed E-state index contributed by atoms with van der Waals surface area (Å²) in [6.07, 6.45) is 1.89. The predicted molar refractivity (Wildman–Crippen MR) is 79.0 cm³/mol. The summed E-state index contributed by atoms with van der Waals surface area (Å²) in [5.41, 5.74) is 1.60. The van der Waals surface area contributed by atoms with Crippen molar-refractivity contribution in [3.63, 3.8) is 0 Å². The molecule has 2 rings (SSSR count). The Labute approximate surface area is 119 Å². The molecule has 0 saturated carbocycles. The van der Waals surface area contributed by atoms with Gasteiger partial charge >= 0.3 is 0 Å². The van der Waals surface area contributed by atoms with Crippen molar-refractivity contribution in [1.29, 1.82) is 0 Å². The molecule has 0 bridgehead atoms. The first-order valence-corrected chi connectivity index (χ1v) is 7.23. The SMILES string of the molecule is CCC(C)(CC)n1c(=S)[nH]c2cc(Br)c(F)cc21. The molecule has 1 aromatic carbocycles. The highest BCUT2D eigenvalue weighted by Gasteiger charge is 2.25. The van der Waals surface area contributed by atoms with Crippen LogP contribution in [0.4, 0.5) is 4.39 Å². The molecule has 2 nitrogen and oxygen atoms in total. The summed E-state index contributed by atoms with van der Waals surface area (Å²) in [5, 5.41) is 0.